The van der Waals surface area contributed by atoms with E-state index in [0.29, 0.717) is 11.4 Å². The molecule has 1 heterocycles. The minimum absolute atomic E-state index is 0.0471. The van der Waals surface area contributed by atoms with E-state index in [4.69, 9.17) is 16.3 Å². The standard InChI is InChI=1S/C19H22ClN3O3/c1-11-8-15(14(4)13(3)12(11)2)16(24)10-26-19(25)9-23(5)18-7-6-17(20)21-22-18/h6-8H,9-10H2,1-5H3. The molecule has 0 radical (unpaired) electrons. The van der Waals surface area contributed by atoms with Crippen LogP contribution in [0.25, 0.3) is 0 Å². The molecule has 0 spiro atoms. The third kappa shape index (κ3) is 4.58. The number of anilines is 1. The van der Waals surface area contributed by atoms with Crippen LogP contribution in [-0.4, -0.2) is 42.1 Å². The predicted octanol–water partition coefficient (Wildman–Crippen LogP) is 3.23. The Labute approximate surface area is 158 Å². The fourth-order valence-corrected chi connectivity index (χ4v) is 2.66. The maximum absolute atomic E-state index is 12.5. The predicted molar refractivity (Wildman–Crippen MR) is 101 cm³/mol. The van der Waals surface area contributed by atoms with E-state index >= 15 is 0 Å². The summed E-state index contributed by atoms with van der Waals surface area (Å²) in [5.41, 5.74) is 4.81. The first-order chi connectivity index (χ1) is 12.2. The molecule has 0 unspecified atom stereocenters. The average Bonchev–Trinajstić information content (AvgIpc) is 2.61. The third-order valence-corrected chi connectivity index (χ3v) is 4.72. The van der Waals surface area contributed by atoms with Crippen LogP contribution in [0.1, 0.15) is 32.6 Å². The minimum Gasteiger partial charge on any atom is -0.456 e. The number of ether oxygens (including phenoxy) is 1. The second-order valence-corrected chi connectivity index (χ2v) is 6.66. The SMILES string of the molecule is Cc1cc(C(=O)COC(=O)CN(C)c2ccc(Cl)nn2)c(C)c(C)c1C. The molecular formula is C19H22ClN3O3. The Bertz CT molecular complexity index is 835. The Morgan fingerprint density at radius 1 is 1.08 bits per heavy atom. The topological polar surface area (TPSA) is 72.4 Å². The third-order valence-electron chi connectivity index (χ3n) is 4.52. The number of carbonyl (C=O) groups excluding carboxylic acids is 2. The molecule has 0 atom stereocenters. The van der Waals surface area contributed by atoms with Crippen molar-refractivity contribution in [2.75, 3.05) is 25.1 Å². The second kappa shape index (κ2) is 8.27. The van der Waals surface area contributed by atoms with E-state index in [1.165, 1.54) is 5.56 Å². The fraction of sp³-hybridized carbons (Fsp3) is 0.368. The van der Waals surface area contributed by atoms with Crippen LogP contribution in [0.4, 0.5) is 5.82 Å². The number of hydrogen-bond donors (Lipinski definition) is 0. The van der Waals surface area contributed by atoms with E-state index in [2.05, 4.69) is 10.2 Å². The first-order valence-corrected chi connectivity index (χ1v) is 8.55. The molecule has 0 aliphatic heterocycles. The van der Waals surface area contributed by atoms with E-state index in [-0.39, 0.29) is 24.1 Å². The smallest absolute Gasteiger partial charge is 0.326 e. The summed E-state index contributed by atoms with van der Waals surface area (Å²) in [5.74, 6) is -0.245. The van der Waals surface area contributed by atoms with Gasteiger partial charge in [-0.05, 0) is 68.1 Å². The van der Waals surface area contributed by atoms with Crippen LogP contribution in [0, 0.1) is 27.7 Å². The van der Waals surface area contributed by atoms with E-state index in [9.17, 15) is 9.59 Å². The normalized spacial score (nSPS) is 10.5. The molecule has 26 heavy (non-hydrogen) atoms. The van der Waals surface area contributed by atoms with E-state index < -0.39 is 5.97 Å². The van der Waals surface area contributed by atoms with Crippen molar-refractivity contribution >= 4 is 29.2 Å². The molecule has 0 fully saturated rings. The van der Waals surface area contributed by atoms with Crippen LogP contribution in [-0.2, 0) is 9.53 Å². The van der Waals surface area contributed by atoms with Crippen molar-refractivity contribution in [1.82, 2.24) is 10.2 Å². The molecule has 0 N–H and O–H groups in total. The van der Waals surface area contributed by atoms with Crippen molar-refractivity contribution in [3.63, 3.8) is 0 Å². The van der Waals surface area contributed by atoms with Crippen LogP contribution in [0.15, 0.2) is 18.2 Å². The number of carbonyl (C=O) groups is 2. The summed E-state index contributed by atoms with van der Waals surface area (Å²) < 4.78 is 5.13. The Morgan fingerprint density at radius 2 is 1.77 bits per heavy atom. The number of halogens is 1. The lowest BCUT2D eigenvalue weighted by Crippen LogP contribution is -2.29. The zero-order valence-corrected chi connectivity index (χ0v) is 16.3. The van der Waals surface area contributed by atoms with Crippen LogP contribution in [0.2, 0.25) is 5.15 Å². The van der Waals surface area contributed by atoms with Gasteiger partial charge in [-0.15, -0.1) is 10.2 Å². The van der Waals surface area contributed by atoms with Gasteiger partial charge in [0.05, 0.1) is 0 Å². The summed E-state index contributed by atoms with van der Waals surface area (Å²) in [7, 11) is 1.68. The molecule has 2 aromatic rings. The van der Waals surface area contributed by atoms with Crippen LogP contribution in [0.3, 0.4) is 0 Å². The highest BCUT2D eigenvalue weighted by Crippen LogP contribution is 2.21. The molecule has 138 valence electrons. The van der Waals surface area contributed by atoms with Gasteiger partial charge in [0.15, 0.2) is 17.6 Å². The van der Waals surface area contributed by atoms with Crippen molar-refractivity contribution in [3.05, 3.63) is 51.2 Å². The first kappa shape index (κ1) is 19.8. The van der Waals surface area contributed by atoms with Crippen molar-refractivity contribution in [2.45, 2.75) is 27.7 Å². The number of ketones is 1. The highest BCUT2D eigenvalue weighted by Gasteiger charge is 2.17. The Hall–Kier alpha value is -2.47. The zero-order valence-electron chi connectivity index (χ0n) is 15.6. The number of rotatable bonds is 6. The first-order valence-electron chi connectivity index (χ1n) is 8.17. The molecule has 0 saturated heterocycles. The van der Waals surface area contributed by atoms with Gasteiger partial charge in [-0.2, -0.15) is 0 Å². The molecule has 1 aromatic heterocycles. The van der Waals surface area contributed by atoms with Crippen molar-refractivity contribution < 1.29 is 14.3 Å². The van der Waals surface area contributed by atoms with Gasteiger partial charge >= 0.3 is 5.97 Å². The highest BCUT2D eigenvalue weighted by molar-refractivity contribution is 6.29. The van der Waals surface area contributed by atoms with Gasteiger partial charge in [-0.1, -0.05) is 11.6 Å². The molecule has 0 bridgehead atoms. The van der Waals surface area contributed by atoms with Gasteiger partial charge in [-0.3, -0.25) is 9.59 Å². The number of benzene rings is 1. The molecule has 0 amide bonds. The Morgan fingerprint density at radius 3 is 2.38 bits per heavy atom. The number of Topliss-reactive ketones (excluding diaryl/α,β-unsaturated/α-hetero) is 1. The van der Waals surface area contributed by atoms with E-state index in [1.54, 1.807) is 24.1 Å². The summed E-state index contributed by atoms with van der Waals surface area (Å²) in [6.07, 6.45) is 0. The Kier molecular flexibility index (Phi) is 6.32. The molecule has 0 aliphatic rings. The molecular weight excluding hydrogens is 354 g/mol. The van der Waals surface area contributed by atoms with Crippen LogP contribution < -0.4 is 4.90 Å². The van der Waals surface area contributed by atoms with Gasteiger partial charge < -0.3 is 9.64 Å². The maximum Gasteiger partial charge on any atom is 0.326 e. The quantitative estimate of drug-likeness (QED) is 0.570. The Balaban J connectivity index is 1.97. The lowest BCUT2D eigenvalue weighted by molar-refractivity contribution is -0.140. The van der Waals surface area contributed by atoms with Crippen molar-refractivity contribution in [3.8, 4) is 0 Å². The lowest BCUT2D eigenvalue weighted by atomic mass is 9.93. The van der Waals surface area contributed by atoms with E-state index in [1.807, 2.05) is 33.8 Å². The number of likely N-dealkylation sites (N-methyl/N-ethyl adjacent to an activating group) is 1. The average molecular weight is 376 g/mol. The minimum atomic E-state index is -0.518. The lowest BCUT2D eigenvalue weighted by Gasteiger charge is -2.17. The molecule has 0 saturated carbocycles. The van der Waals surface area contributed by atoms with Crippen LogP contribution in [0.5, 0.6) is 0 Å². The van der Waals surface area contributed by atoms with Crippen molar-refractivity contribution in [2.24, 2.45) is 0 Å². The number of aryl methyl sites for hydroxylation is 1. The zero-order chi connectivity index (χ0) is 19.4. The maximum atomic E-state index is 12.5. The van der Waals surface area contributed by atoms with Crippen LogP contribution >= 0.6 is 11.6 Å². The van der Waals surface area contributed by atoms with Crippen molar-refractivity contribution in [1.29, 1.82) is 0 Å². The monoisotopic (exact) mass is 375 g/mol. The van der Waals surface area contributed by atoms with Gasteiger partial charge in [0.1, 0.15) is 6.54 Å². The number of hydrogen-bond acceptors (Lipinski definition) is 6. The highest BCUT2D eigenvalue weighted by atomic mass is 35.5. The largest absolute Gasteiger partial charge is 0.456 e. The van der Waals surface area contributed by atoms with E-state index in [0.717, 1.165) is 16.7 Å². The second-order valence-electron chi connectivity index (χ2n) is 6.27. The molecule has 7 heteroatoms. The number of nitrogens with zero attached hydrogens (tertiary/aromatic N) is 3. The fourth-order valence-electron chi connectivity index (χ4n) is 2.56. The van der Waals surface area contributed by atoms with Gasteiger partial charge in [-0.25, -0.2) is 0 Å². The molecule has 6 nitrogen and oxygen atoms in total. The number of esters is 1. The summed E-state index contributed by atoms with van der Waals surface area (Å²) in [4.78, 5) is 26.0. The summed E-state index contributed by atoms with van der Waals surface area (Å²) in [6.45, 7) is 7.55. The summed E-state index contributed by atoms with van der Waals surface area (Å²) in [6, 6.07) is 5.08. The summed E-state index contributed by atoms with van der Waals surface area (Å²) >= 11 is 5.69. The summed E-state index contributed by atoms with van der Waals surface area (Å²) in [5, 5.41) is 7.88. The van der Waals surface area contributed by atoms with Gasteiger partial charge in [0, 0.05) is 12.6 Å². The molecule has 0 aliphatic carbocycles. The number of aromatic nitrogens is 2. The van der Waals surface area contributed by atoms with Gasteiger partial charge in [0.25, 0.3) is 0 Å². The molecule has 2 rings (SSSR count). The van der Waals surface area contributed by atoms with Gasteiger partial charge in [0.2, 0.25) is 5.78 Å². The molecule has 1 aromatic carbocycles.